The minimum atomic E-state index is -3.72. The molecule has 0 unspecified atom stereocenters. The number of hydrogen-bond donors (Lipinski definition) is 1. The van der Waals surface area contributed by atoms with E-state index in [0.717, 1.165) is 24.2 Å². The van der Waals surface area contributed by atoms with Gasteiger partial charge in [-0.1, -0.05) is 30.3 Å². The first-order chi connectivity index (χ1) is 13.8. The third-order valence-electron chi connectivity index (χ3n) is 5.10. The number of amides is 1. The molecule has 1 aliphatic heterocycles. The molecule has 0 atom stereocenters. The third kappa shape index (κ3) is 5.68. The van der Waals surface area contributed by atoms with Crippen molar-refractivity contribution in [3.8, 4) is 0 Å². The normalized spacial score (nSPS) is 14.9. The van der Waals surface area contributed by atoms with E-state index in [0.29, 0.717) is 6.54 Å². The fourth-order valence-corrected chi connectivity index (χ4v) is 4.00. The summed E-state index contributed by atoms with van der Waals surface area (Å²) in [6, 6.07) is 14.3. The Labute approximate surface area is 172 Å². The van der Waals surface area contributed by atoms with Gasteiger partial charge in [0.2, 0.25) is 15.9 Å². The molecule has 2 N–H and O–H groups in total. The van der Waals surface area contributed by atoms with E-state index in [1.807, 2.05) is 12.1 Å². The minimum absolute atomic E-state index is 0.0485. The predicted molar refractivity (Wildman–Crippen MR) is 116 cm³/mol. The van der Waals surface area contributed by atoms with Crippen molar-refractivity contribution in [1.29, 1.82) is 0 Å². The topological polar surface area (TPSA) is 83.7 Å². The van der Waals surface area contributed by atoms with Crippen LogP contribution < -0.4 is 10.0 Å². The number of nitrogens with zero attached hydrogens (tertiary/aromatic N) is 2. The number of piperidine rings is 1. The molecule has 1 amide bonds. The van der Waals surface area contributed by atoms with Crippen LogP contribution >= 0.6 is 0 Å². The minimum Gasteiger partial charge on any atom is -0.371 e. The summed E-state index contributed by atoms with van der Waals surface area (Å²) < 4.78 is 22.6. The van der Waals surface area contributed by atoms with Crippen molar-refractivity contribution < 1.29 is 13.2 Å². The molecular weight excluding hydrogens is 386 g/mol. The van der Waals surface area contributed by atoms with Crippen molar-refractivity contribution in [3.63, 3.8) is 0 Å². The maximum absolute atomic E-state index is 12.5. The summed E-state index contributed by atoms with van der Waals surface area (Å²) in [6.07, 6.45) is 6.85. The number of rotatable bonds is 6. The molecule has 1 saturated heterocycles. The highest BCUT2D eigenvalue weighted by Gasteiger charge is 2.16. The zero-order chi connectivity index (χ0) is 20.9. The van der Waals surface area contributed by atoms with Crippen molar-refractivity contribution in [3.05, 3.63) is 65.7 Å². The second-order valence-electron chi connectivity index (χ2n) is 7.32. The molecule has 0 aromatic heterocycles. The number of para-hydroxylation sites is 1. The van der Waals surface area contributed by atoms with Gasteiger partial charge >= 0.3 is 0 Å². The van der Waals surface area contributed by atoms with Gasteiger partial charge in [0.05, 0.1) is 4.90 Å². The summed E-state index contributed by atoms with van der Waals surface area (Å²) in [5, 5.41) is 5.10. The van der Waals surface area contributed by atoms with Crippen LogP contribution in [0.15, 0.2) is 59.5 Å². The molecule has 0 spiro atoms. The molecule has 0 saturated carbocycles. The van der Waals surface area contributed by atoms with Crippen LogP contribution in [0.1, 0.15) is 30.4 Å². The summed E-state index contributed by atoms with van der Waals surface area (Å²) >= 11 is 0. The fraction of sp³-hybridized carbons (Fsp3) is 0.318. The van der Waals surface area contributed by atoms with Gasteiger partial charge in [-0.2, -0.15) is 0 Å². The van der Waals surface area contributed by atoms with E-state index in [1.54, 1.807) is 30.2 Å². The predicted octanol–water partition coefficient (Wildman–Crippen LogP) is 3.00. The van der Waals surface area contributed by atoms with Crippen LogP contribution in [0.5, 0.6) is 0 Å². The highest BCUT2D eigenvalue weighted by molar-refractivity contribution is 7.89. The molecule has 2 aromatic rings. The molecule has 0 radical (unpaired) electrons. The number of likely N-dealkylation sites (N-methyl/N-ethyl adjacent to an activating group) is 1. The van der Waals surface area contributed by atoms with Crippen LogP contribution in [0, 0.1) is 0 Å². The Kier molecular flexibility index (Phi) is 6.71. The SMILES string of the molecule is CN(Cc1ccccc1N1CCCCC1)C(=O)/C=C/c1ccc(S(N)(=O)=O)cc1. The van der Waals surface area contributed by atoms with Gasteiger partial charge in [0.1, 0.15) is 0 Å². The van der Waals surface area contributed by atoms with Gasteiger partial charge < -0.3 is 9.80 Å². The van der Waals surface area contributed by atoms with Crippen LogP contribution in [0.2, 0.25) is 0 Å². The Hall–Kier alpha value is -2.64. The zero-order valence-corrected chi connectivity index (χ0v) is 17.4. The van der Waals surface area contributed by atoms with Crippen molar-refractivity contribution in [1.82, 2.24) is 4.90 Å². The Balaban J connectivity index is 1.66. The van der Waals surface area contributed by atoms with Crippen molar-refractivity contribution in [2.24, 2.45) is 5.14 Å². The van der Waals surface area contributed by atoms with Crippen LogP contribution in [-0.2, 0) is 21.4 Å². The summed E-state index contributed by atoms with van der Waals surface area (Å²) in [4.78, 5) is 16.7. The second-order valence-corrected chi connectivity index (χ2v) is 8.88. The van der Waals surface area contributed by atoms with Crippen LogP contribution in [0.25, 0.3) is 6.08 Å². The van der Waals surface area contributed by atoms with E-state index < -0.39 is 10.0 Å². The molecule has 7 heteroatoms. The third-order valence-corrected chi connectivity index (χ3v) is 6.03. The van der Waals surface area contributed by atoms with E-state index in [9.17, 15) is 13.2 Å². The average Bonchev–Trinajstić information content (AvgIpc) is 2.72. The number of sulfonamides is 1. The summed E-state index contributed by atoms with van der Waals surface area (Å²) in [5.74, 6) is -0.117. The molecular formula is C22H27N3O3S. The van der Waals surface area contributed by atoms with Gasteiger partial charge in [-0.05, 0) is 54.7 Å². The monoisotopic (exact) mass is 413 g/mol. The molecule has 6 nitrogen and oxygen atoms in total. The van der Waals surface area contributed by atoms with E-state index in [-0.39, 0.29) is 10.8 Å². The molecule has 0 aliphatic carbocycles. The van der Waals surface area contributed by atoms with Crippen molar-refractivity contribution in [2.75, 3.05) is 25.0 Å². The first-order valence-corrected chi connectivity index (χ1v) is 11.3. The number of primary sulfonamides is 1. The Morgan fingerprint density at radius 2 is 1.72 bits per heavy atom. The largest absolute Gasteiger partial charge is 0.371 e. The second kappa shape index (κ2) is 9.24. The molecule has 2 aromatic carbocycles. The van der Waals surface area contributed by atoms with Gasteiger partial charge in [0.15, 0.2) is 0 Å². The number of nitrogens with two attached hydrogens (primary N) is 1. The lowest BCUT2D eigenvalue weighted by atomic mass is 10.1. The van der Waals surface area contributed by atoms with Gasteiger partial charge in [-0.15, -0.1) is 0 Å². The van der Waals surface area contributed by atoms with Crippen LogP contribution in [0.3, 0.4) is 0 Å². The highest BCUT2D eigenvalue weighted by atomic mass is 32.2. The number of benzene rings is 2. The molecule has 1 heterocycles. The molecule has 29 heavy (non-hydrogen) atoms. The molecule has 154 valence electrons. The average molecular weight is 414 g/mol. The number of carbonyl (C=O) groups excluding carboxylic acids is 1. The molecule has 0 bridgehead atoms. The quantitative estimate of drug-likeness (QED) is 0.738. The summed E-state index contributed by atoms with van der Waals surface area (Å²) in [5.41, 5.74) is 3.07. The summed E-state index contributed by atoms with van der Waals surface area (Å²) in [6.45, 7) is 2.65. The standard InChI is InChI=1S/C22H27N3O3S/c1-24(17-19-7-3-4-8-21(19)25-15-5-2-6-16-25)22(26)14-11-18-9-12-20(13-10-18)29(23,27)28/h3-4,7-14H,2,5-6,15-17H2,1H3,(H2,23,27,28)/b14-11+. The number of hydrogen-bond acceptors (Lipinski definition) is 4. The lowest BCUT2D eigenvalue weighted by molar-refractivity contribution is -0.125. The van der Waals surface area contributed by atoms with E-state index in [1.165, 1.54) is 43.2 Å². The fourth-order valence-electron chi connectivity index (χ4n) is 3.48. The Morgan fingerprint density at radius 1 is 1.07 bits per heavy atom. The van der Waals surface area contributed by atoms with Gasteiger partial charge in [-0.3, -0.25) is 4.79 Å². The van der Waals surface area contributed by atoms with Crippen LogP contribution in [0.4, 0.5) is 5.69 Å². The first-order valence-electron chi connectivity index (χ1n) is 9.73. The molecule has 1 aliphatic rings. The smallest absolute Gasteiger partial charge is 0.246 e. The van der Waals surface area contributed by atoms with Crippen molar-refractivity contribution >= 4 is 27.7 Å². The van der Waals surface area contributed by atoms with Gasteiger partial charge in [-0.25, -0.2) is 13.6 Å². The Morgan fingerprint density at radius 3 is 2.38 bits per heavy atom. The van der Waals surface area contributed by atoms with Crippen molar-refractivity contribution in [2.45, 2.75) is 30.7 Å². The van der Waals surface area contributed by atoms with Crippen LogP contribution in [-0.4, -0.2) is 39.4 Å². The Bertz CT molecular complexity index is 979. The number of anilines is 1. The molecule has 1 fully saturated rings. The van der Waals surface area contributed by atoms with Gasteiger partial charge in [0.25, 0.3) is 0 Å². The maximum atomic E-state index is 12.5. The van der Waals surface area contributed by atoms with E-state index >= 15 is 0 Å². The zero-order valence-electron chi connectivity index (χ0n) is 16.6. The van der Waals surface area contributed by atoms with E-state index in [2.05, 4.69) is 17.0 Å². The lowest BCUT2D eigenvalue weighted by Crippen LogP contribution is -2.31. The van der Waals surface area contributed by atoms with Gasteiger partial charge in [0, 0.05) is 38.4 Å². The van der Waals surface area contributed by atoms with E-state index in [4.69, 9.17) is 5.14 Å². The number of carbonyl (C=O) groups is 1. The summed E-state index contributed by atoms with van der Waals surface area (Å²) in [7, 11) is -1.93. The lowest BCUT2D eigenvalue weighted by Gasteiger charge is -2.31. The highest BCUT2D eigenvalue weighted by Crippen LogP contribution is 2.25. The maximum Gasteiger partial charge on any atom is 0.246 e. The first kappa shape index (κ1) is 21.1. The molecule has 3 rings (SSSR count).